The Morgan fingerprint density at radius 2 is 1.95 bits per heavy atom. The SMILES string of the molecule is CC.CCC(C)(F)c1onc(-c2c(Cl)cccc2CCl)c1C. The lowest BCUT2D eigenvalue weighted by Gasteiger charge is -2.15. The number of rotatable bonds is 4. The van der Waals surface area contributed by atoms with Crippen molar-refractivity contribution < 1.29 is 8.91 Å². The topological polar surface area (TPSA) is 26.0 Å². The first-order valence-electron chi connectivity index (χ1n) is 7.41. The molecule has 1 atom stereocenters. The van der Waals surface area contributed by atoms with Crippen molar-refractivity contribution >= 4 is 23.2 Å². The number of hydrogen-bond acceptors (Lipinski definition) is 2. The van der Waals surface area contributed by atoms with Crippen molar-refractivity contribution in [2.45, 2.75) is 52.6 Å². The molecule has 2 nitrogen and oxygen atoms in total. The Morgan fingerprint density at radius 1 is 1.32 bits per heavy atom. The van der Waals surface area contributed by atoms with Gasteiger partial charge in [-0.2, -0.15) is 0 Å². The van der Waals surface area contributed by atoms with Gasteiger partial charge in [-0.15, -0.1) is 11.6 Å². The fourth-order valence-electron chi connectivity index (χ4n) is 2.16. The Kier molecular flexibility index (Phi) is 6.89. The van der Waals surface area contributed by atoms with Crippen LogP contribution in [0, 0.1) is 6.92 Å². The van der Waals surface area contributed by atoms with Crippen LogP contribution >= 0.6 is 23.2 Å². The van der Waals surface area contributed by atoms with Crippen LogP contribution in [0.2, 0.25) is 5.02 Å². The smallest absolute Gasteiger partial charge is 0.177 e. The molecule has 2 rings (SSSR count). The van der Waals surface area contributed by atoms with E-state index < -0.39 is 5.67 Å². The summed E-state index contributed by atoms with van der Waals surface area (Å²) in [4.78, 5) is 0. The van der Waals surface area contributed by atoms with Gasteiger partial charge in [-0.1, -0.05) is 49.7 Å². The van der Waals surface area contributed by atoms with Gasteiger partial charge in [-0.3, -0.25) is 0 Å². The molecule has 0 fully saturated rings. The molecule has 0 aliphatic rings. The van der Waals surface area contributed by atoms with E-state index in [1.807, 2.05) is 26.0 Å². The summed E-state index contributed by atoms with van der Waals surface area (Å²) in [5.74, 6) is 0.550. The van der Waals surface area contributed by atoms with Gasteiger partial charge < -0.3 is 4.52 Å². The summed E-state index contributed by atoms with van der Waals surface area (Å²) >= 11 is 12.2. The molecule has 1 aromatic carbocycles. The lowest BCUT2D eigenvalue weighted by Crippen LogP contribution is -2.13. The van der Waals surface area contributed by atoms with Crippen LogP contribution < -0.4 is 0 Å². The zero-order valence-electron chi connectivity index (χ0n) is 13.6. The summed E-state index contributed by atoms with van der Waals surface area (Å²) in [5.41, 5.74) is 1.23. The number of nitrogens with zero attached hydrogens (tertiary/aromatic N) is 1. The molecule has 1 unspecified atom stereocenters. The molecular weight excluding hydrogens is 324 g/mol. The predicted molar refractivity (Wildman–Crippen MR) is 91.3 cm³/mol. The lowest BCUT2D eigenvalue weighted by molar-refractivity contribution is 0.134. The van der Waals surface area contributed by atoms with Crippen molar-refractivity contribution in [3.05, 3.63) is 40.1 Å². The van der Waals surface area contributed by atoms with E-state index >= 15 is 0 Å². The fraction of sp³-hybridized carbons (Fsp3) is 0.471. The molecule has 1 aromatic heterocycles. The first-order chi connectivity index (χ1) is 10.4. The maximum Gasteiger partial charge on any atom is 0.177 e. The highest BCUT2D eigenvalue weighted by Crippen LogP contribution is 2.39. The van der Waals surface area contributed by atoms with E-state index in [9.17, 15) is 4.39 Å². The molecule has 22 heavy (non-hydrogen) atoms. The van der Waals surface area contributed by atoms with Crippen LogP contribution in [0.15, 0.2) is 22.7 Å². The van der Waals surface area contributed by atoms with Gasteiger partial charge in [0.05, 0.1) is 5.02 Å². The molecule has 0 spiro atoms. The molecule has 0 radical (unpaired) electrons. The second-order valence-corrected chi connectivity index (χ2v) is 5.62. The molecule has 0 aliphatic heterocycles. The van der Waals surface area contributed by atoms with E-state index in [0.717, 1.165) is 5.56 Å². The van der Waals surface area contributed by atoms with E-state index in [2.05, 4.69) is 5.16 Å². The number of hydrogen-bond donors (Lipinski definition) is 0. The van der Waals surface area contributed by atoms with Crippen LogP contribution in [-0.2, 0) is 11.5 Å². The van der Waals surface area contributed by atoms with Crippen LogP contribution in [0.25, 0.3) is 11.3 Å². The molecule has 5 heteroatoms. The van der Waals surface area contributed by atoms with E-state index in [0.29, 0.717) is 34.1 Å². The van der Waals surface area contributed by atoms with Crippen LogP contribution in [-0.4, -0.2) is 5.16 Å². The van der Waals surface area contributed by atoms with Crippen LogP contribution in [0.1, 0.15) is 51.0 Å². The second-order valence-electron chi connectivity index (χ2n) is 4.94. The van der Waals surface area contributed by atoms with Gasteiger partial charge in [0, 0.05) is 17.0 Å². The summed E-state index contributed by atoms with van der Waals surface area (Å²) in [6, 6.07) is 5.46. The van der Waals surface area contributed by atoms with Gasteiger partial charge in [-0.25, -0.2) is 4.39 Å². The summed E-state index contributed by atoms with van der Waals surface area (Å²) in [5, 5.41) is 4.54. The van der Waals surface area contributed by atoms with Crippen molar-refractivity contribution in [3.63, 3.8) is 0 Å². The van der Waals surface area contributed by atoms with Crippen molar-refractivity contribution in [2.75, 3.05) is 0 Å². The number of alkyl halides is 2. The predicted octanol–water partition coefficient (Wildman–Crippen LogP) is 6.66. The number of halogens is 3. The first kappa shape index (κ1) is 19.0. The van der Waals surface area contributed by atoms with E-state index in [1.165, 1.54) is 6.92 Å². The molecule has 0 N–H and O–H groups in total. The van der Waals surface area contributed by atoms with Crippen LogP contribution in [0.4, 0.5) is 4.39 Å². The highest BCUT2D eigenvalue weighted by Gasteiger charge is 2.32. The third kappa shape index (κ3) is 3.64. The quantitative estimate of drug-likeness (QED) is 0.578. The molecule has 0 amide bonds. The third-order valence-electron chi connectivity index (χ3n) is 3.54. The highest BCUT2D eigenvalue weighted by molar-refractivity contribution is 6.33. The average Bonchev–Trinajstić information content (AvgIpc) is 2.91. The summed E-state index contributed by atoms with van der Waals surface area (Å²) in [6.07, 6.45) is 0.313. The van der Waals surface area contributed by atoms with Crippen molar-refractivity contribution in [1.82, 2.24) is 5.16 Å². The molecule has 0 saturated heterocycles. The number of aromatic nitrogens is 1. The van der Waals surface area contributed by atoms with Gasteiger partial charge in [0.15, 0.2) is 11.4 Å². The summed E-state index contributed by atoms with van der Waals surface area (Å²) in [6.45, 7) is 9.04. The maximum atomic E-state index is 14.4. The zero-order chi connectivity index (χ0) is 16.9. The van der Waals surface area contributed by atoms with Gasteiger partial charge in [0.1, 0.15) is 5.69 Å². The molecule has 0 bridgehead atoms. The zero-order valence-corrected chi connectivity index (χ0v) is 15.1. The van der Waals surface area contributed by atoms with Gasteiger partial charge >= 0.3 is 0 Å². The molecule has 2 aromatic rings. The Labute approximate surface area is 141 Å². The minimum absolute atomic E-state index is 0.246. The lowest BCUT2D eigenvalue weighted by atomic mass is 9.95. The monoisotopic (exact) mass is 345 g/mol. The molecule has 1 heterocycles. The van der Waals surface area contributed by atoms with Crippen LogP contribution in [0.3, 0.4) is 0 Å². The highest BCUT2D eigenvalue weighted by atomic mass is 35.5. The van der Waals surface area contributed by atoms with Crippen molar-refractivity contribution in [1.29, 1.82) is 0 Å². The Morgan fingerprint density at radius 3 is 2.50 bits per heavy atom. The van der Waals surface area contributed by atoms with Gasteiger partial charge in [0.25, 0.3) is 0 Å². The Bertz CT molecular complexity index is 623. The molecule has 0 aliphatic carbocycles. The molecule has 0 saturated carbocycles. The summed E-state index contributed by atoms with van der Waals surface area (Å²) in [7, 11) is 0. The van der Waals surface area contributed by atoms with E-state index in [-0.39, 0.29) is 5.76 Å². The Hall–Kier alpha value is -1.06. The largest absolute Gasteiger partial charge is 0.357 e. The van der Waals surface area contributed by atoms with Crippen LogP contribution in [0.5, 0.6) is 0 Å². The first-order valence-corrected chi connectivity index (χ1v) is 8.33. The Balaban J connectivity index is 0.00000116. The van der Waals surface area contributed by atoms with Gasteiger partial charge in [0.2, 0.25) is 0 Å². The average molecular weight is 346 g/mol. The van der Waals surface area contributed by atoms with E-state index in [1.54, 1.807) is 19.9 Å². The number of benzene rings is 1. The van der Waals surface area contributed by atoms with Gasteiger partial charge in [-0.05, 0) is 31.9 Å². The standard InChI is InChI=1S/C15H16Cl2FNO.C2H6/c1-4-15(3,18)14-9(2)13(19-20-14)12-10(8-16)6-5-7-11(12)17;1-2/h5-7H,4,8H2,1-3H3;1-2H3. The normalized spacial score (nSPS) is 13.3. The van der Waals surface area contributed by atoms with Crippen molar-refractivity contribution in [3.8, 4) is 11.3 Å². The minimum Gasteiger partial charge on any atom is -0.357 e. The van der Waals surface area contributed by atoms with Crippen molar-refractivity contribution in [2.24, 2.45) is 0 Å². The fourth-order valence-corrected chi connectivity index (χ4v) is 2.67. The molecule has 122 valence electrons. The third-order valence-corrected chi connectivity index (χ3v) is 4.14. The minimum atomic E-state index is -1.54. The molecular formula is C17H22Cl2FNO. The summed E-state index contributed by atoms with van der Waals surface area (Å²) < 4.78 is 19.7. The maximum absolute atomic E-state index is 14.4. The van der Waals surface area contributed by atoms with E-state index in [4.69, 9.17) is 27.7 Å². The second kappa shape index (κ2) is 7.98.